The van der Waals surface area contributed by atoms with Gasteiger partial charge in [-0.15, -0.1) is 0 Å². The minimum atomic E-state index is -0.655. The van der Waals surface area contributed by atoms with Crippen molar-refractivity contribution in [1.29, 1.82) is 0 Å². The Morgan fingerprint density at radius 2 is 2.27 bits per heavy atom. The van der Waals surface area contributed by atoms with Gasteiger partial charge in [-0.2, -0.15) is 4.99 Å². The molecule has 0 amide bonds. The molecule has 0 saturated heterocycles. The number of methoxy groups -OCH3 is 1. The van der Waals surface area contributed by atoms with Gasteiger partial charge < -0.3 is 4.74 Å². The third kappa shape index (κ3) is 1.64. The van der Waals surface area contributed by atoms with Crippen molar-refractivity contribution in [1.82, 2.24) is 0 Å². The van der Waals surface area contributed by atoms with E-state index in [1.807, 2.05) is 0 Å². The minimum absolute atomic E-state index is 0.383. The molecule has 1 aliphatic rings. The Balaban J connectivity index is 2.41. The van der Waals surface area contributed by atoms with Gasteiger partial charge in [0.15, 0.2) is 0 Å². The van der Waals surface area contributed by atoms with E-state index in [1.54, 1.807) is 12.1 Å². The van der Waals surface area contributed by atoms with Crippen molar-refractivity contribution >= 4 is 6.08 Å². The SMILES string of the molecule is COc1ccc(C2(N=C=O)CC2)c(F)c1. The largest absolute Gasteiger partial charge is 0.497 e. The van der Waals surface area contributed by atoms with E-state index in [-0.39, 0.29) is 5.82 Å². The molecule has 0 aliphatic heterocycles. The summed E-state index contributed by atoms with van der Waals surface area (Å²) < 4.78 is 18.5. The van der Waals surface area contributed by atoms with Crippen molar-refractivity contribution in [2.75, 3.05) is 7.11 Å². The fraction of sp³-hybridized carbons (Fsp3) is 0.364. The predicted molar refractivity (Wildman–Crippen MR) is 52.0 cm³/mol. The zero-order valence-corrected chi connectivity index (χ0v) is 8.29. The molecule has 15 heavy (non-hydrogen) atoms. The monoisotopic (exact) mass is 207 g/mol. The molecule has 3 nitrogen and oxygen atoms in total. The van der Waals surface area contributed by atoms with Crippen LogP contribution < -0.4 is 4.74 Å². The molecule has 0 unspecified atom stereocenters. The van der Waals surface area contributed by atoms with E-state index in [9.17, 15) is 9.18 Å². The van der Waals surface area contributed by atoms with Crippen molar-refractivity contribution in [2.45, 2.75) is 18.4 Å². The quantitative estimate of drug-likeness (QED) is 0.562. The Bertz CT molecular complexity index is 434. The first kappa shape index (κ1) is 9.87. The summed E-state index contributed by atoms with van der Waals surface area (Å²) in [5.74, 6) is 0.0768. The van der Waals surface area contributed by atoms with Crippen molar-refractivity contribution in [2.24, 2.45) is 4.99 Å². The molecule has 4 heteroatoms. The Morgan fingerprint density at radius 1 is 1.53 bits per heavy atom. The predicted octanol–water partition coefficient (Wildman–Crippen LogP) is 2.16. The van der Waals surface area contributed by atoms with Gasteiger partial charge in [-0.25, -0.2) is 9.18 Å². The lowest BCUT2D eigenvalue weighted by molar-refractivity contribution is 0.410. The number of ether oxygens (including phenoxy) is 1. The lowest BCUT2D eigenvalue weighted by Crippen LogP contribution is -2.05. The molecule has 0 aromatic heterocycles. The maximum absolute atomic E-state index is 13.6. The summed E-state index contributed by atoms with van der Waals surface area (Å²) in [5.41, 5.74) is -0.204. The standard InChI is InChI=1S/C11H10FNO2/c1-15-8-2-3-9(10(12)6-8)11(4-5-11)13-7-14/h2-3,6H,4-5H2,1H3. The highest BCUT2D eigenvalue weighted by molar-refractivity contribution is 5.43. The van der Waals surface area contributed by atoms with Crippen LogP contribution in [0.15, 0.2) is 23.2 Å². The first-order valence-electron chi connectivity index (χ1n) is 4.65. The maximum Gasteiger partial charge on any atom is 0.235 e. The van der Waals surface area contributed by atoms with Crippen LogP contribution in [0.4, 0.5) is 4.39 Å². The number of isocyanates is 1. The van der Waals surface area contributed by atoms with Gasteiger partial charge in [0.05, 0.1) is 7.11 Å². The number of benzene rings is 1. The van der Waals surface area contributed by atoms with Gasteiger partial charge in [-0.1, -0.05) is 0 Å². The van der Waals surface area contributed by atoms with E-state index in [4.69, 9.17) is 4.74 Å². The molecule has 1 fully saturated rings. The average molecular weight is 207 g/mol. The molecule has 1 aliphatic carbocycles. The maximum atomic E-state index is 13.6. The third-order valence-corrected chi connectivity index (χ3v) is 2.66. The van der Waals surface area contributed by atoms with Crippen LogP contribution in [0.1, 0.15) is 18.4 Å². The van der Waals surface area contributed by atoms with E-state index in [0.717, 1.165) is 0 Å². The van der Waals surface area contributed by atoms with E-state index in [1.165, 1.54) is 19.3 Å². The van der Waals surface area contributed by atoms with Crippen LogP contribution >= 0.6 is 0 Å². The van der Waals surface area contributed by atoms with Crippen LogP contribution in [0.3, 0.4) is 0 Å². The molecule has 1 aromatic rings. The zero-order chi connectivity index (χ0) is 10.9. The van der Waals surface area contributed by atoms with Crippen molar-refractivity contribution in [3.05, 3.63) is 29.6 Å². The molecule has 2 rings (SSSR count). The van der Waals surface area contributed by atoms with Gasteiger partial charge in [-0.05, 0) is 25.0 Å². The van der Waals surface area contributed by atoms with Crippen LogP contribution in [0.25, 0.3) is 0 Å². The van der Waals surface area contributed by atoms with Gasteiger partial charge in [0.1, 0.15) is 17.1 Å². The lowest BCUT2D eigenvalue weighted by atomic mass is 10.0. The summed E-state index contributed by atoms with van der Waals surface area (Å²) in [7, 11) is 1.48. The number of halogens is 1. The number of aliphatic imine (C=N–C) groups is 1. The van der Waals surface area contributed by atoms with Crippen LogP contribution in [-0.4, -0.2) is 13.2 Å². The normalized spacial score (nSPS) is 16.7. The molecule has 0 atom stereocenters. The fourth-order valence-electron chi connectivity index (χ4n) is 1.65. The van der Waals surface area contributed by atoms with Gasteiger partial charge in [0.2, 0.25) is 6.08 Å². The summed E-state index contributed by atoms with van der Waals surface area (Å²) >= 11 is 0. The molecule has 0 spiro atoms. The van der Waals surface area contributed by atoms with E-state index < -0.39 is 5.54 Å². The van der Waals surface area contributed by atoms with Gasteiger partial charge >= 0.3 is 0 Å². The van der Waals surface area contributed by atoms with Crippen LogP contribution in [0.5, 0.6) is 5.75 Å². The molecule has 1 saturated carbocycles. The summed E-state index contributed by atoms with van der Waals surface area (Å²) in [5, 5.41) is 0. The summed E-state index contributed by atoms with van der Waals surface area (Å²) in [6.07, 6.45) is 2.90. The summed E-state index contributed by atoms with van der Waals surface area (Å²) in [4.78, 5) is 13.9. The Kier molecular flexibility index (Phi) is 2.29. The number of carbonyl (C=O) groups excluding carboxylic acids is 1. The highest BCUT2D eigenvalue weighted by atomic mass is 19.1. The van der Waals surface area contributed by atoms with Gasteiger partial charge in [0.25, 0.3) is 0 Å². The number of hydrogen-bond acceptors (Lipinski definition) is 3. The second kappa shape index (κ2) is 3.48. The van der Waals surface area contributed by atoms with E-state index in [2.05, 4.69) is 4.99 Å². The molecule has 78 valence electrons. The molecule has 0 radical (unpaired) electrons. The lowest BCUT2D eigenvalue weighted by Gasteiger charge is -2.10. The van der Waals surface area contributed by atoms with E-state index >= 15 is 0 Å². The topological polar surface area (TPSA) is 38.7 Å². The second-order valence-electron chi connectivity index (χ2n) is 3.58. The number of nitrogens with zero attached hydrogens (tertiary/aromatic N) is 1. The first-order valence-corrected chi connectivity index (χ1v) is 4.65. The molecular formula is C11H10FNO2. The fourth-order valence-corrected chi connectivity index (χ4v) is 1.65. The first-order chi connectivity index (χ1) is 7.22. The molecule has 0 heterocycles. The van der Waals surface area contributed by atoms with Gasteiger partial charge in [0, 0.05) is 11.6 Å². The zero-order valence-electron chi connectivity index (χ0n) is 8.29. The highest BCUT2D eigenvalue weighted by Gasteiger charge is 2.46. The number of hydrogen-bond donors (Lipinski definition) is 0. The summed E-state index contributed by atoms with van der Waals surface area (Å²) in [6, 6.07) is 4.58. The van der Waals surface area contributed by atoms with E-state index in [0.29, 0.717) is 24.2 Å². The highest BCUT2D eigenvalue weighted by Crippen LogP contribution is 2.50. The molecule has 1 aromatic carbocycles. The smallest absolute Gasteiger partial charge is 0.235 e. The second-order valence-corrected chi connectivity index (χ2v) is 3.58. The van der Waals surface area contributed by atoms with Crippen molar-refractivity contribution in [3.63, 3.8) is 0 Å². The van der Waals surface area contributed by atoms with Crippen LogP contribution in [0, 0.1) is 5.82 Å². The molecule has 0 bridgehead atoms. The minimum Gasteiger partial charge on any atom is -0.497 e. The Hall–Kier alpha value is -1.67. The molecular weight excluding hydrogens is 197 g/mol. The van der Waals surface area contributed by atoms with Crippen LogP contribution in [-0.2, 0) is 10.3 Å². The average Bonchev–Trinajstić information content (AvgIpc) is 2.99. The summed E-state index contributed by atoms with van der Waals surface area (Å²) in [6.45, 7) is 0. The van der Waals surface area contributed by atoms with Crippen molar-refractivity contribution in [3.8, 4) is 5.75 Å². The van der Waals surface area contributed by atoms with Crippen molar-refractivity contribution < 1.29 is 13.9 Å². The van der Waals surface area contributed by atoms with Crippen LogP contribution in [0.2, 0.25) is 0 Å². The van der Waals surface area contributed by atoms with Gasteiger partial charge in [-0.3, -0.25) is 0 Å². The molecule has 0 N–H and O–H groups in total. The third-order valence-electron chi connectivity index (χ3n) is 2.66. The Morgan fingerprint density at radius 3 is 2.73 bits per heavy atom. The number of rotatable bonds is 3. The Labute approximate surface area is 86.6 Å².